The number of carbonyl (C=O) groups excluding carboxylic acids is 1. The first kappa shape index (κ1) is 22.6. The van der Waals surface area contributed by atoms with Crippen LogP contribution in [0.3, 0.4) is 0 Å². The van der Waals surface area contributed by atoms with Gasteiger partial charge in [0.15, 0.2) is 0 Å². The monoisotopic (exact) mass is 471 g/mol. The minimum absolute atomic E-state index is 0.00907. The third kappa shape index (κ3) is 5.01. The molecule has 5 rings (SSSR count). The van der Waals surface area contributed by atoms with Crippen molar-refractivity contribution in [2.75, 3.05) is 17.7 Å². The zero-order valence-electron chi connectivity index (χ0n) is 19.5. The lowest BCUT2D eigenvalue weighted by Gasteiger charge is -2.31. The van der Waals surface area contributed by atoms with Crippen LogP contribution in [-0.4, -0.2) is 27.8 Å². The summed E-state index contributed by atoms with van der Waals surface area (Å²) in [6.07, 6.45) is 0.888. The predicted octanol–water partition coefficient (Wildman–Crippen LogP) is 5.06. The van der Waals surface area contributed by atoms with Gasteiger partial charge in [0.05, 0.1) is 25.6 Å². The van der Waals surface area contributed by atoms with Gasteiger partial charge >= 0.3 is 0 Å². The van der Waals surface area contributed by atoms with Gasteiger partial charge in [0.2, 0.25) is 11.9 Å². The van der Waals surface area contributed by atoms with E-state index in [9.17, 15) is 9.18 Å². The van der Waals surface area contributed by atoms with Gasteiger partial charge in [-0.05, 0) is 54.3 Å². The maximum atomic E-state index is 13.6. The Morgan fingerprint density at radius 1 is 1.06 bits per heavy atom. The van der Waals surface area contributed by atoms with Crippen molar-refractivity contribution in [3.05, 3.63) is 101 Å². The zero-order valence-corrected chi connectivity index (χ0v) is 19.5. The summed E-state index contributed by atoms with van der Waals surface area (Å²) in [4.78, 5) is 17.2. The second-order valence-electron chi connectivity index (χ2n) is 8.69. The van der Waals surface area contributed by atoms with Crippen LogP contribution in [0.4, 0.5) is 16.3 Å². The van der Waals surface area contributed by atoms with E-state index < -0.39 is 0 Å². The molecule has 0 bridgehead atoms. The molecule has 1 aliphatic rings. The molecule has 0 spiro atoms. The number of amides is 1. The Kier molecular flexibility index (Phi) is 6.18. The number of anilines is 2. The molecule has 2 atom stereocenters. The number of hydrogen-bond donors (Lipinski definition) is 2. The SMILES string of the molecule is COc1ccc(CC(=O)Nc2nc3n(n2)[C@@H](c2ccc(F)cc2)C[C@@H](c2ccc(C)cc2)N3)cc1. The molecule has 0 fully saturated rings. The van der Waals surface area contributed by atoms with Crippen LogP contribution in [0.15, 0.2) is 72.8 Å². The van der Waals surface area contributed by atoms with Gasteiger partial charge in [0, 0.05) is 0 Å². The molecule has 0 saturated carbocycles. The molecule has 7 nitrogen and oxygen atoms in total. The summed E-state index contributed by atoms with van der Waals surface area (Å²) < 4.78 is 20.5. The molecule has 1 amide bonds. The Bertz CT molecular complexity index is 1320. The Balaban J connectivity index is 1.40. The van der Waals surface area contributed by atoms with Crippen molar-refractivity contribution in [3.8, 4) is 5.75 Å². The van der Waals surface area contributed by atoms with Crippen molar-refractivity contribution >= 4 is 17.8 Å². The maximum absolute atomic E-state index is 13.6. The van der Waals surface area contributed by atoms with Crippen molar-refractivity contribution in [1.29, 1.82) is 0 Å². The highest BCUT2D eigenvalue weighted by atomic mass is 19.1. The van der Waals surface area contributed by atoms with Crippen molar-refractivity contribution in [2.45, 2.75) is 31.8 Å². The number of nitrogens with one attached hydrogen (secondary N) is 2. The second kappa shape index (κ2) is 9.58. The average Bonchev–Trinajstić information content (AvgIpc) is 3.27. The molecule has 178 valence electrons. The third-order valence-corrected chi connectivity index (χ3v) is 6.20. The topological polar surface area (TPSA) is 81.1 Å². The van der Waals surface area contributed by atoms with Gasteiger partial charge in [-0.25, -0.2) is 9.07 Å². The van der Waals surface area contributed by atoms with Crippen LogP contribution < -0.4 is 15.4 Å². The summed E-state index contributed by atoms with van der Waals surface area (Å²) >= 11 is 0. The van der Waals surface area contributed by atoms with Crippen LogP contribution in [0.5, 0.6) is 5.75 Å². The van der Waals surface area contributed by atoms with E-state index in [-0.39, 0.29) is 36.2 Å². The molecule has 2 heterocycles. The number of aryl methyl sites for hydroxylation is 1. The van der Waals surface area contributed by atoms with Crippen molar-refractivity contribution in [2.24, 2.45) is 0 Å². The van der Waals surface area contributed by atoms with Crippen LogP contribution in [0.2, 0.25) is 0 Å². The summed E-state index contributed by atoms with van der Waals surface area (Å²) in [6, 6.07) is 21.9. The second-order valence-corrected chi connectivity index (χ2v) is 8.69. The lowest BCUT2D eigenvalue weighted by Crippen LogP contribution is -2.28. The minimum atomic E-state index is -0.289. The summed E-state index contributed by atoms with van der Waals surface area (Å²) in [5, 5.41) is 10.8. The van der Waals surface area contributed by atoms with E-state index >= 15 is 0 Å². The Hall–Kier alpha value is -4.20. The Morgan fingerprint density at radius 2 is 1.74 bits per heavy atom. The van der Waals surface area contributed by atoms with Gasteiger partial charge in [-0.2, -0.15) is 4.98 Å². The standard InChI is InChI=1S/C27H26FN5O2/c1-17-3-7-19(8-4-17)23-16-24(20-9-11-21(28)12-10-20)33-27(29-23)31-26(32-33)30-25(34)15-18-5-13-22(35-2)14-6-18/h3-14,23-24H,15-16H2,1-2H3,(H2,29,30,31,32,34)/t23-,24+/m0/s1. The third-order valence-electron chi connectivity index (χ3n) is 6.20. The fraction of sp³-hybridized carbons (Fsp3) is 0.222. The highest BCUT2D eigenvalue weighted by molar-refractivity contribution is 5.90. The fourth-order valence-corrected chi connectivity index (χ4v) is 4.31. The number of halogens is 1. The number of ether oxygens (including phenoxy) is 1. The van der Waals surface area contributed by atoms with Crippen molar-refractivity contribution in [3.63, 3.8) is 0 Å². The van der Waals surface area contributed by atoms with Gasteiger partial charge in [0.25, 0.3) is 5.95 Å². The van der Waals surface area contributed by atoms with Gasteiger partial charge in [0.1, 0.15) is 11.6 Å². The summed E-state index contributed by atoms with van der Waals surface area (Å²) in [5.74, 6) is 1.01. The van der Waals surface area contributed by atoms with Gasteiger partial charge in [-0.1, -0.05) is 54.1 Å². The van der Waals surface area contributed by atoms with Crippen molar-refractivity contribution < 1.29 is 13.9 Å². The van der Waals surface area contributed by atoms with E-state index in [2.05, 4.69) is 51.9 Å². The van der Waals surface area contributed by atoms with Gasteiger partial charge < -0.3 is 10.1 Å². The molecule has 1 aliphatic heterocycles. The molecule has 0 unspecified atom stereocenters. The Labute approximate surface area is 203 Å². The summed E-state index contributed by atoms with van der Waals surface area (Å²) in [7, 11) is 1.60. The van der Waals surface area contributed by atoms with Crippen LogP contribution in [-0.2, 0) is 11.2 Å². The zero-order chi connectivity index (χ0) is 24.4. The molecule has 0 radical (unpaired) electrons. The van der Waals surface area contributed by atoms with E-state index in [1.807, 2.05) is 24.3 Å². The van der Waals surface area contributed by atoms with Crippen molar-refractivity contribution in [1.82, 2.24) is 14.8 Å². The molecule has 1 aromatic heterocycles. The first-order valence-corrected chi connectivity index (χ1v) is 11.5. The highest BCUT2D eigenvalue weighted by Gasteiger charge is 2.31. The first-order chi connectivity index (χ1) is 17.0. The maximum Gasteiger partial charge on any atom is 0.250 e. The van der Waals surface area contributed by atoms with E-state index in [1.54, 1.807) is 23.9 Å². The highest BCUT2D eigenvalue weighted by Crippen LogP contribution is 2.38. The summed E-state index contributed by atoms with van der Waals surface area (Å²) in [5.41, 5.74) is 4.09. The number of benzene rings is 3. The van der Waals surface area contributed by atoms with Crippen LogP contribution in [0.1, 0.15) is 40.8 Å². The minimum Gasteiger partial charge on any atom is -0.497 e. The average molecular weight is 472 g/mol. The summed E-state index contributed by atoms with van der Waals surface area (Å²) in [6.45, 7) is 2.05. The molecular weight excluding hydrogens is 445 g/mol. The molecule has 2 N–H and O–H groups in total. The van der Waals surface area contributed by atoms with E-state index in [0.29, 0.717) is 12.4 Å². The van der Waals surface area contributed by atoms with Crippen LogP contribution in [0, 0.1) is 12.7 Å². The largest absolute Gasteiger partial charge is 0.497 e. The molecule has 0 aliphatic carbocycles. The number of aromatic nitrogens is 3. The molecule has 0 saturated heterocycles. The lowest BCUT2D eigenvalue weighted by molar-refractivity contribution is -0.115. The number of carbonyl (C=O) groups is 1. The van der Waals surface area contributed by atoms with Crippen LogP contribution in [0.25, 0.3) is 0 Å². The molecule has 3 aromatic carbocycles. The van der Waals surface area contributed by atoms with Gasteiger partial charge in [-0.15, -0.1) is 5.10 Å². The van der Waals surface area contributed by atoms with E-state index in [0.717, 1.165) is 22.4 Å². The van der Waals surface area contributed by atoms with Crippen LogP contribution >= 0.6 is 0 Å². The predicted molar refractivity (Wildman–Crippen MR) is 132 cm³/mol. The Morgan fingerprint density at radius 3 is 2.43 bits per heavy atom. The lowest BCUT2D eigenvalue weighted by atomic mass is 9.93. The number of rotatable bonds is 6. The number of fused-ring (bicyclic) bond motifs is 1. The number of methoxy groups -OCH3 is 1. The molecule has 35 heavy (non-hydrogen) atoms. The fourth-order valence-electron chi connectivity index (χ4n) is 4.31. The normalized spacial score (nSPS) is 16.8. The van der Waals surface area contributed by atoms with E-state index in [1.165, 1.54) is 17.7 Å². The first-order valence-electron chi connectivity index (χ1n) is 11.5. The van der Waals surface area contributed by atoms with E-state index in [4.69, 9.17) is 4.74 Å². The number of hydrogen-bond acceptors (Lipinski definition) is 5. The number of nitrogens with zero attached hydrogens (tertiary/aromatic N) is 3. The molecule has 8 heteroatoms. The molecular formula is C27H26FN5O2. The van der Waals surface area contributed by atoms with Gasteiger partial charge in [-0.3, -0.25) is 10.1 Å². The quantitative estimate of drug-likeness (QED) is 0.411. The molecule has 4 aromatic rings. The smallest absolute Gasteiger partial charge is 0.250 e.